The summed E-state index contributed by atoms with van der Waals surface area (Å²) in [5, 5.41) is 20.1. The Hall–Kier alpha value is -2.88. The first kappa shape index (κ1) is 26.3. The smallest absolute Gasteiger partial charge is 0.313 e. The number of hydrogen-bond acceptors (Lipinski definition) is 2. The lowest BCUT2D eigenvalue weighted by Gasteiger charge is -2.60. The molecule has 0 aliphatic heterocycles. The van der Waals surface area contributed by atoms with Crippen LogP contribution in [0.25, 0.3) is 11.1 Å². The molecular formula is C35H42O4. The van der Waals surface area contributed by atoms with E-state index in [1.165, 1.54) is 47.1 Å². The fourth-order valence-corrected chi connectivity index (χ4v) is 9.41. The first-order valence-electron chi connectivity index (χ1n) is 14.9. The minimum Gasteiger partial charge on any atom is -0.481 e. The van der Waals surface area contributed by atoms with Crippen molar-refractivity contribution in [1.29, 1.82) is 0 Å². The molecule has 4 saturated carbocycles. The summed E-state index contributed by atoms with van der Waals surface area (Å²) in [6, 6.07) is 17.3. The minimum atomic E-state index is -1.08. The van der Waals surface area contributed by atoms with E-state index in [0.29, 0.717) is 6.42 Å². The lowest BCUT2D eigenvalue weighted by atomic mass is 9.45. The monoisotopic (exact) mass is 526 g/mol. The summed E-state index contributed by atoms with van der Waals surface area (Å²) < 4.78 is 0. The number of hydrogen-bond donors (Lipinski definition) is 2. The Kier molecular flexibility index (Phi) is 6.32. The van der Waals surface area contributed by atoms with Crippen molar-refractivity contribution in [1.82, 2.24) is 0 Å². The predicted octanol–water partition coefficient (Wildman–Crippen LogP) is 8.00. The average Bonchev–Trinajstić information content (AvgIpc) is 3.26. The highest BCUT2D eigenvalue weighted by molar-refractivity contribution is 5.82. The number of fused-ring (bicyclic) bond motifs is 3. The van der Waals surface area contributed by atoms with Crippen LogP contribution in [-0.4, -0.2) is 22.2 Å². The molecule has 2 N–H and O–H groups in total. The summed E-state index contributed by atoms with van der Waals surface area (Å²) in [6.45, 7) is 5.62. The maximum atomic E-state index is 12.4. The van der Waals surface area contributed by atoms with Gasteiger partial charge < -0.3 is 10.2 Å². The molecule has 0 heterocycles. The van der Waals surface area contributed by atoms with Gasteiger partial charge in [-0.1, -0.05) is 74.0 Å². The van der Waals surface area contributed by atoms with Gasteiger partial charge in [0, 0.05) is 0 Å². The molecule has 4 heteroatoms. The quantitative estimate of drug-likeness (QED) is 0.338. The van der Waals surface area contributed by atoms with Crippen molar-refractivity contribution in [3.8, 4) is 11.1 Å². The van der Waals surface area contributed by atoms with E-state index in [9.17, 15) is 19.8 Å². The third-order valence-corrected chi connectivity index (χ3v) is 11.1. The normalized spacial score (nSPS) is 35.5. The zero-order valence-electron chi connectivity index (χ0n) is 23.6. The van der Waals surface area contributed by atoms with Gasteiger partial charge in [-0.25, -0.2) is 0 Å². The van der Waals surface area contributed by atoms with Gasteiger partial charge >= 0.3 is 11.9 Å². The first-order chi connectivity index (χ1) is 18.5. The second-order valence-corrected chi connectivity index (χ2v) is 14.1. The van der Waals surface area contributed by atoms with Gasteiger partial charge in [0.15, 0.2) is 0 Å². The van der Waals surface area contributed by atoms with Crippen LogP contribution >= 0.6 is 0 Å². The van der Waals surface area contributed by atoms with Crippen LogP contribution in [0.4, 0.5) is 0 Å². The van der Waals surface area contributed by atoms with Crippen molar-refractivity contribution < 1.29 is 19.8 Å². The van der Waals surface area contributed by atoms with Crippen LogP contribution in [0.5, 0.6) is 0 Å². The summed E-state index contributed by atoms with van der Waals surface area (Å²) >= 11 is 0. The van der Waals surface area contributed by atoms with Gasteiger partial charge in [-0.3, -0.25) is 9.59 Å². The third-order valence-electron chi connectivity index (χ3n) is 11.1. The SMILES string of the molecule is CC(C)C1(C(=O)O)CC(C23CC4CC(CC(C4)C2)C3)=CC(C)(C(=O)O)C1.c1ccc2c(c1)Cc1ccccc1-2. The van der Waals surface area contributed by atoms with E-state index in [-0.39, 0.29) is 17.8 Å². The Balaban J connectivity index is 0.000000176. The van der Waals surface area contributed by atoms with Gasteiger partial charge in [0.2, 0.25) is 0 Å². The number of rotatable bonds is 4. The molecule has 0 saturated heterocycles. The topological polar surface area (TPSA) is 74.6 Å². The molecule has 2 atom stereocenters. The van der Waals surface area contributed by atoms with Crippen molar-refractivity contribution in [3.63, 3.8) is 0 Å². The van der Waals surface area contributed by atoms with Crippen LogP contribution in [0.1, 0.15) is 83.3 Å². The highest BCUT2D eigenvalue weighted by Crippen LogP contribution is 2.66. The summed E-state index contributed by atoms with van der Waals surface area (Å²) in [5.74, 6) is 0.493. The molecule has 2 unspecified atom stereocenters. The molecule has 4 nitrogen and oxygen atoms in total. The molecule has 4 fully saturated rings. The second-order valence-electron chi connectivity index (χ2n) is 14.1. The van der Waals surface area contributed by atoms with Crippen molar-refractivity contribution in [3.05, 3.63) is 71.3 Å². The number of carboxylic acid groups (broad SMARTS) is 2. The van der Waals surface area contributed by atoms with Crippen molar-refractivity contribution in [2.45, 2.75) is 78.6 Å². The number of carbonyl (C=O) groups is 2. The van der Waals surface area contributed by atoms with Crippen molar-refractivity contribution in [2.24, 2.45) is 39.9 Å². The molecule has 0 radical (unpaired) electrons. The molecule has 0 spiro atoms. The third kappa shape index (κ3) is 4.35. The van der Waals surface area contributed by atoms with E-state index in [4.69, 9.17) is 0 Å². The van der Waals surface area contributed by atoms with Crippen LogP contribution in [0.15, 0.2) is 60.2 Å². The van der Waals surface area contributed by atoms with Gasteiger partial charge in [-0.15, -0.1) is 0 Å². The number of aliphatic carboxylic acids is 2. The van der Waals surface area contributed by atoms with E-state index >= 15 is 0 Å². The summed E-state index contributed by atoms with van der Waals surface area (Å²) in [4.78, 5) is 24.5. The number of carboxylic acids is 2. The van der Waals surface area contributed by atoms with E-state index in [0.717, 1.165) is 43.4 Å². The van der Waals surface area contributed by atoms with Gasteiger partial charge in [0.25, 0.3) is 0 Å². The fourth-order valence-electron chi connectivity index (χ4n) is 9.41. The predicted molar refractivity (Wildman–Crippen MR) is 153 cm³/mol. The fraction of sp³-hybridized carbons (Fsp3) is 0.543. The van der Waals surface area contributed by atoms with Crippen molar-refractivity contribution in [2.75, 3.05) is 0 Å². The van der Waals surface area contributed by atoms with Crippen LogP contribution in [0.3, 0.4) is 0 Å². The number of benzene rings is 2. The molecule has 6 aliphatic rings. The van der Waals surface area contributed by atoms with Gasteiger partial charge in [0.05, 0.1) is 10.8 Å². The zero-order chi connectivity index (χ0) is 27.6. The molecule has 0 amide bonds. The maximum absolute atomic E-state index is 12.4. The Labute approximate surface area is 232 Å². The molecule has 8 rings (SSSR count). The molecule has 6 aliphatic carbocycles. The van der Waals surface area contributed by atoms with Crippen LogP contribution < -0.4 is 0 Å². The molecule has 4 bridgehead atoms. The minimum absolute atomic E-state index is 0.0709. The molecule has 2 aromatic rings. The van der Waals surface area contributed by atoms with E-state index in [1.807, 2.05) is 19.9 Å². The van der Waals surface area contributed by atoms with Gasteiger partial charge in [0.1, 0.15) is 0 Å². The Morgan fingerprint density at radius 1 is 0.795 bits per heavy atom. The zero-order valence-corrected chi connectivity index (χ0v) is 23.6. The largest absolute Gasteiger partial charge is 0.481 e. The lowest BCUT2D eigenvalue weighted by molar-refractivity contribution is -0.160. The molecular weight excluding hydrogens is 484 g/mol. The summed E-state index contributed by atoms with van der Waals surface area (Å²) in [5.41, 5.74) is 4.94. The second kappa shape index (κ2) is 9.35. The highest BCUT2D eigenvalue weighted by atomic mass is 16.4. The molecule has 39 heavy (non-hydrogen) atoms. The Bertz CT molecular complexity index is 1260. The van der Waals surface area contributed by atoms with Crippen LogP contribution in [0, 0.1) is 39.9 Å². The molecule has 0 aromatic heterocycles. The highest BCUT2D eigenvalue weighted by Gasteiger charge is 2.58. The molecule has 206 valence electrons. The van der Waals surface area contributed by atoms with E-state index < -0.39 is 22.8 Å². The Morgan fingerprint density at radius 3 is 1.72 bits per heavy atom. The summed E-state index contributed by atoms with van der Waals surface area (Å²) in [6.07, 6.45) is 11.3. The Morgan fingerprint density at radius 2 is 1.28 bits per heavy atom. The van der Waals surface area contributed by atoms with Crippen LogP contribution in [0.2, 0.25) is 0 Å². The van der Waals surface area contributed by atoms with Gasteiger partial charge in [-0.05, 0) is 116 Å². The van der Waals surface area contributed by atoms with E-state index in [2.05, 4.69) is 48.5 Å². The van der Waals surface area contributed by atoms with Crippen molar-refractivity contribution >= 4 is 11.9 Å². The van der Waals surface area contributed by atoms with Crippen LogP contribution in [-0.2, 0) is 16.0 Å². The first-order valence-corrected chi connectivity index (χ1v) is 14.9. The van der Waals surface area contributed by atoms with Gasteiger partial charge in [-0.2, -0.15) is 0 Å². The number of allylic oxidation sites excluding steroid dienone is 1. The maximum Gasteiger partial charge on any atom is 0.313 e. The standard InChI is InChI=1S/C22H32O4.C13H10/c1-13(2)22(19(25)26)11-17(10-20(3,12-22)18(23)24)21-7-14-4-15(8-21)6-16(5-14)9-21;1-3-7-12-10(5-1)9-11-6-2-4-8-13(11)12/h10,13-16H,4-9,11-12H2,1-3H3,(H,23,24)(H,25,26);1-8H,9H2. The van der Waals surface area contributed by atoms with E-state index in [1.54, 1.807) is 6.92 Å². The lowest BCUT2D eigenvalue weighted by Crippen LogP contribution is -2.52. The summed E-state index contributed by atoms with van der Waals surface area (Å²) in [7, 11) is 0. The average molecular weight is 527 g/mol. The molecule has 2 aromatic carbocycles.